The Morgan fingerprint density at radius 1 is 0.846 bits per heavy atom. The summed E-state index contributed by atoms with van der Waals surface area (Å²) >= 11 is 0. The smallest absolute Gasteiger partial charge is 0.0994 e. The van der Waals surface area contributed by atoms with Gasteiger partial charge in [-0.25, -0.2) is 0 Å². The quantitative estimate of drug-likeness (QED) is 0.626. The number of nitrogens with zero attached hydrogens (tertiary/aromatic N) is 2. The summed E-state index contributed by atoms with van der Waals surface area (Å²) in [4.78, 5) is 4.79. The largest absolute Gasteiger partial charge is 0.359 e. The molecule has 0 aromatic rings. The summed E-state index contributed by atoms with van der Waals surface area (Å²) < 4.78 is 0. The molecule has 0 aliphatic rings. The van der Waals surface area contributed by atoms with Crippen LogP contribution in [0.5, 0.6) is 0 Å². The molecule has 78 valence electrons. The van der Waals surface area contributed by atoms with E-state index in [9.17, 15) is 0 Å². The van der Waals surface area contributed by atoms with Crippen LogP contribution in [-0.2, 0) is 0 Å². The van der Waals surface area contributed by atoms with Crippen molar-refractivity contribution in [1.29, 1.82) is 0 Å². The molecular formula is C11H24N2. The van der Waals surface area contributed by atoms with E-state index in [1.165, 1.54) is 5.82 Å². The van der Waals surface area contributed by atoms with E-state index in [0.29, 0.717) is 0 Å². The van der Waals surface area contributed by atoms with E-state index in [2.05, 4.69) is 50.5 Å². The van der Waals surface area contributed by atoms with Gasteiger partial charge in [0.1, 0.15) is 0 Å². The predicted molar refractivity (Wildman–Crippen MR) is 59.6 cm³/mol. The van der Waals surface area contributed by atoms with Crippen LogP contribution in [0.2, 0.25) is 0 Å². The van der Waals surface area contributed by atoms with Crippen LogP contribution in [0.4, 0.5) is 0 Å². The van der Waals surface area contributed by atoms with Crippen LogP contribution in [0.1, 0.15) is 34.6 Å². The molecule has 0 saturated heterocycles. The summed E-state index contributed by atoms with van der Waals surface area (Å²) in [6.07, 6.45) is 2.21. The van der Waals surface area contributed by atoms with Crippen molar-refractivity contribution in [3.8, 4) is 0 Å². The second-order valence-electron chi connectivity index (χ2n) is 2.99. The van der Waals surface area contributed by atoms with Gasteiger partial charge in [-0.15, -0.1) is 0 Å². The van der Waals surface area contributed by atoms with Crippen molar-refractivity contribution >= 4 is 0 Å². The SMILES string of the molecule is CC=C(N(CC)CC)N(CC)CC. The highest BCUT2D eigenvalue weighted by Gasteiger charge is 2.09. The Balaban J connectivity index is 4.47. The molecule has 0 saturated carbocycles. The van der Waals surface area contributed by atoms with E-state index in [1.807, 2.05) is 0 Å². The highest BCUT2D eigenvalue weighted by molar-refractivity contribution is 4.98. The van der Waals surface area contributed by atoms with Crippen molar-refractivity contribution in [3.63, 3.8) is 0 Å². The molecule has 0 amide bonds. The molecule has 2 nitrogen and oxygen atoms in total. The Kier molecular flexibility index (Phi) is 6.47. The molecule has 0 rings (SSSR count). The lowest BCUT2D eigenvalue weighted by Gasteiger charge is -2.33. The third-order valence-corrected chi connectivity index (χ3v) is 2.43. The lowest BCUT2D eigenvalue weighted by Crippen LogP contribution is -2.35. The zero-order valence-electron chi connectivity index (χ0n) is 9.80. The molecule has 0 atom stereocenters. The van der Waals surface area contributed by atoms with E-state index >= 15 is 0 Å². The van der Waals surface area contributed by atoms with Crippen LogP contribution in [0.3, 0.4) is 0 Å². The molecule has 0 unspecified atom stereocenters. The Bertz CT molecular complexity index is 130. The average Bonchev–Trinajstić information content (AvgIpc) is 2.18. The molecule has 0 aliphatic heterocycles. The standard InChI is InChI=1S/C11H24N2/c1-6-11(12(7-2)8-3)13(9-4)10-5/h6H,7-10H2,1-5H3. The molecule has 0 radical (unpaired) electrons. The summed E-state index contributed by atoms with van der Waals surface area (Å²) in [6, 6.07) is 0. The molecule has 0 aromatic heterocycles. The first kappa shape index (κ1) is 12.3. The van der Waals surface area contributed by atoms with E-state index in [1.54, 1.807) is 0 Å². The van der Waals surface area contributed by atoms with Crippen molar-refractivity contribution in [2.24, 2.45) is 0 Å². The molecule has 0 aromatic carbocycles. The maximum atomic E-state index is 2.40. The fourth-order valence-electron chi connectivity index (χ4n) is 1.66. The third-order valence-electron chi connectivity index (χ3n) is 2.43. The zero-order valence-corrected chi connectivity index (χ0v) is 9.80. The Hall–Kier alpha value is -0.660. The van der Waals surface area contributed by atoms with E-state index in [4.69, 9.17) is 0 Å². The minimum Gasteiger partial charge on any atom is -0.359 e. The van der Waals surface area contributed by atoms with Gasteiger partial charge in [-0.2, -0.15) is 0 Å². The molecule has 0 aliphatic carbocycles. The van der Waals surface area contributed by atoms with Crippen molar-refractivity contribution in [2.75, 3.05) is 26.2 Å². The van der Waals surface area contributed by atoms with Gasteiger partial charge in [0, 0.05) is 26.2 Å². The van der Waals surface area contributed by atoms with E-state index < -0.39 is 0 Å². The van der Waals surface area contributed by atoms with Gasteiger partial charge in [-0.3, -0.25) is 0 Å². The maximum Gasteiger partial charge on any atom is 0.0994 e. The first-order chi connectivity index (χ1) is 6.24. The number of allylic oxidation sites excluding steroid dienone is 1. The van der Waals surface area contributed by atoms with Crippen LogP contribution in [0.25, 0.3) is 0 Å². The normalized spacial score (nSPS) is 9.62. The molecule has 13 heavy (non-hydrogen) atoms. The highest BCUT2D eigenvalue weighted by Crippen LogP contribution is 2.09. The molecule has 0 N–H and O–H groups in total. The minimum absolute atomic E-state index is 1.09. The van der Waals surface area contributed by atoms with Gasteiger partial charge in [-0.1, -0.05) is 0 Å². The van der Waals surface area contributed by atoms with Crippen LogP contribution >= 0.6 is 0 Å². The number of hydrogen-bond donors (Lipinski definition) is 0. The second-order valence-corrected chi connectivity index (χ2v) is 2.99. The van der Waals surface area contributed by atoms with E-state index in [-0.39, 0.29) is 0 Å². The number of rotatable bonds is 6. The molecule has 0 fully saturated rings. The topological polar surface area (TPSA) is 6.48 Å². The summed E-state index contributed by atoms with van der Waals surface area (Å²) in [5.41, 5.74) is 0. The van der Waals surface area contributed by atoms with E-state index in [0.717, 1.165) is 26.2 Å². The first-order valence-corrected chi connectivity index (χ1v) is 5.41. The third kappa shape index (κ3) is 3.29. The van der Waals surface area contributed by atoms with Crippen molar-refractivity contribution < 1.29 is 0 Å². The molecular weight excluding hydrogens is 160 g/mol. The monoisotopic (exact) mass is 184 g/mol. The fourth-order valence-corrected chi connectivity index (χ4v) is 1.66. The highest BCUT2D eigenvalue weighted by atomic mass is 15.3. The second kappa shape index (κ2) is 6.81. The lowest BCUT2D eigenvalue weighted by atomic mass is 10.4. The van der Waals surface area contributed by atoms with Gasteiger partial charge in [0.15, 0.2) is 0 Å². The van der Waals surface area contributed by atoms with Crippen LogP contribution < -0.4 is 0 Å². The Morgan fingerprint density at radius 2 is 1.15 bits per heavy atom. The van der Waals surface area contributed by atoms with Crippen LogP contribution in [-0.4, -0.2) is 36.0 Å². The van der Waals surface area contributed by atoms with Gasteiger partial charge >= 0.3 is 0 Å². The average molecular weight is 184 g/mol. The predicted octanol–water partition coefficient (Wildman–Crippen LogP) is 2.53. The molecule has 2 heteroatoms. The lowest BCUT2D eigenvalue weighted by molar-refractivity contribution is 0.234. The minimum atomic E-state index is 1.09. The van der Waals surface area contributed by atoms with Gasteiger partial charge in [0.25, 0.3) is 0 Å². The van der Waals surface area contributed by atoms with Crippen LogP contribution in [0, 0.1) is 0 Å². The summed E-state index contributed by atoms with van der Waals surface area (Å²) in [6.45, 7) is 15.3. The Labute approximate surface area is 83.2 Å². The fraction of sp³-hybridized carbons (Fsp3) is 0.818. The molecule has 0 heterocycles. The summed E-state index contributed by atoms with van der Waals surface area (Å²) in [7, 11) is 0. The van der Waals surface area contributed by atoms with Crippen molar-refractivity contribution in [1.82, 2.24) is 9.80 Å². The molecule has 0 bridgehead atoms. The zero-order chi connectivity index (χ0) is 10.3. The summed E-state index contributed by atoms with van der Waals surface area (Å²) in [5, 5.41) is 0. The van der Waals surface area contributed by atoms with Crippen molar-refractivity contribution in [2.45, 2.75) is 34.6 Å². The first-order valence-electron chi connectivity index (χ1n) is 5.41. The number of hydrogen-bond acceptors (Lipinski definition) is 2. The van der Waals surface area contributed by atoms with Gasteiger partial charge < -0.3 is 9.80 Å². The summed E-state index contributed by atoms with van der Waals surface area (Å²) in [5.74, 6) is 1.37. The van der Waals surface area contributed by atoms with Crippen LogP contribution in [0.15, 0.2) is 11.9 Å². The van der Waals surface area contributed by atoms with Gasteiger partial charge in [-0.05, 0) is 40.7 Å². The maximum absolute atomic E-state index is 2.40. The van der Waals surface area contributed by atoms with Crippen molar-refractivity contribution in [3.05, 3.63) is 11.9 Å². The van der Waals surface area contributed by atoms with Gasteiger partial charge in [0.05, 0.1) is 5.82 Å². The molecule has 0 spiro atoms. The van der Waals surface area contributed by atoms with Gasteiger partial charge in [0.2, 0.25) is 0 Å². The Morgan fingerprint density at radius 3 is 1.31 bits per heavy atom.